The number of nitrogens with one attached hydrogen (secondary N) is 3. The zero-order valence-corrected chi connectivity index (χ0v) is 15.1. The quantitative estimate of drug-likeness (QED) is 0.660. The lowest BCUT2D eigenvalue weighted by molar-refractivity contribution is -0.122. The molecule has 136 valence electrons. The molecular formula is C15H23ClFN3O3S. The number of carbonyl (C=O) groups excluding carboxylic acids is 1. The van der Waals surface area contributed by atoms with E-state index in [1.807, 2.05) is 0 Å². The van der Waals surface area contributed by atoms with Crippen LogP contribution in [-0.2, 0) is 14.8 Å². The molecule has 9 heteroatoms. The van der Waals surface area contributed by atoms with Crippen molar-refractivity contribution in [1.29, 1.82) is 0 Å². The fourth-order valence-electron chi connectivity index (χ4n) is 2.53. The van der Waals surface area contributed by atoms with E-state index < -0.39 is 32.7 Å². The number of benzene rings is 1. The summed E-state index contributed by atoms with van der Waals surface area (Å²) in [6.45, 7) is 3.88. The maximum Gasteiger partial charge on any atom is 0.244 e. The summed E-state index contributed by atoms with van der Waals surface area (Å²) >= 11 is 0. The van der Waals surface area contributed by atoms with Crippen LogP contribution in [-0.4, -0.2) is 40.0 Å². The van der Waals surface area contributed by atoms with Crippen molar-refractivity contribution in [2.24, 2.45) is 5.92 Å². The van der Waals surface area contributed by atoms with Crippen LogP contribution in [0.25, 0.3) is 0 Å². The molecule has 24 heavy (non-hydrogen) atoms. The number of amides is 1. The van der Waals surface area contributed by atoms with E-state index in [0.29, 0.717) is 12.5 Å². The molecule has 0 aromatic heterocycles. The molecule has 0 bridgehead atoms. The lowest BCUT2D eigenvalue weighted by atomic mass is 10.1. The molecule has 0 spiro atoms. The van der Waals surface area contributed by atoms with Crippen LogP contribution in [0.1, 0.15) is 19.8 Å². The summed E-state index contributed by atoms with van der Waals surface area (Å²) in [5.41, 5.74) is 0. The van der Waals surface area contributed by atoms with Crippen LogP contribution in [0.4, 0.5) is 4.39 Å². The third kappa shape index (κ3) is 5.70. The molecule has 1 amide bonds. The zero-order chi connectivity index (χ0) is 16.9. The summed E-state index contributed by atoms with van der Waals surface area (Å²) < 4.78 is 40.0. The molecule has 1 heterocycles. The number of hydrogen-bond donors (Lipinski definition) is 3. The van der Waals surface area contributed by atoms with Crippen LogP contribution in [0.3, 0.4) is 0 Å². The van der Waals surface area contributed by atoms with Crippen molar-refractivity contribution in [3.63, 3.8) is 0 Å². The maximum absolute atomic E-state index is 13.6. The Labute approximate surface area is 148 Å². The van der Waals surface area contributed by atoms with Crippen molar-refractivity contribution in [1.82, 2.24) is 15.4 Å². The Morgan fingerprint density at radius 2 is 2.12 bits per heavy atom. The summed E-state index contributed by atoms with van der Waals surface area (Å²) in [7, 11) is -4.07. The highest BCUT2D eigenvalue weighted by molar-refractivity contribution is 7.89. The van der Waals surface area contributed by atoms with Crippen molar-refractivity contribution < 1.29 is 17.6 Å². The SMILES string of the molecule is CC(NS(=O)(=O)c1ccccc1F)C(=O)NCCC1CCNC1.Cl. The first-order valence-corrected chi connectivity index (χ1v) is 9.14. The van der Waals surface area contributed by atoms with Crippen LogP contribution in [0.5, 0.6) is 0 Å². The van der Waals surface area contributed by atoms with Crippen LogP contribution in [0.15, 0.2) is 29.2 Å². The van der Waals surface area contributed by atoms with E-state index in [-0.39, 0.29) is 12.4 Å². The second kappa shape index (κ2) is 9.31. The Morgan fingerprint density at radius 3 is 2.75 bits per heavy atom. The molecule has 1 aromatic carbocycles. The lowest BCUT2D eigenvalue weighted by Crippen LogP contribution is -2.45. The lowest BCUT2D eigenvalue weighted by Gasteiger charge is -2.15. The van der Waals surface area contributed by atoms with Gasteiger partial charge in [0.25, 0.3) is 0 Å². The van der Waals surface area contributed by atoms with Crippen molar-refractivity contribution in [2.45, 2.75) is 30.7 Å². The minimum atomic E-state index is -4.07. The van der Waals surface area contributed by atoms with Crippen LogP contribution < -0.4 is 15.4 Å². The molecular weight excluding hydrogens is 357 g/mol. The zero-order valence-electron chi connectivity index (χ0n) is 13.4. The van der Waals surface area contributed by atoms with Crippen LogP contribution in [0, 0.1) is 11.7 Å². The Morgan fingerprint density at radius 1 is 1.42 bits per heavy atom. The highest BCUT2D eigenvalue weighted by atomic mass is 35.5. The molecule has 2 unspecified atom stereocenters. The van der Waals surface area contributed by atoms with Gasteiger partial charge >= 0.3 is 0 Å². The van der Waals surface area contributed by atoms with E-state index in [1.54, 1.807) is 0 Å². The predicted octanol–water partition coefficient (Wildman–Crippen LogP) is 1.03. The highest BCUT2D eigenvalue weighted by Gasteiger charge is 2.24. The van der Waals surface area contributed by atoms with E-state index in [9.17, 15) is 17.6 Å². The van der Waals surface area contributed by atoms with Gasteiger partial charge in [-0.05, 0) is 50.9 Å². The summed E-state index contributed by atoms with van der Waals surface area (Å²) in [6, 6.07) is 4.09. The largest absolute Gasteiger partial charge is 0.355 e. The van der Waals surface area contributed by atoms with E-state index in [1.165, 1.54) is 19.1 Å². The van der Waals surface area contributed by atoms with Gasteiger partial charge in [0.1, 0.15) is 10.7 Å². The minimum absolute atomic E-state index is 0. The Balaban J connectivity index is 0.00000288. The molecule has 6 nitrogen and oxygen atoms in total. The smallest absolute Gasteiger partial charge is 0.244 e. The number of rotatable bonds is 7. The molecule has 0 radical (unpaired) electrons. The van der Waals surface area contributed by atoms with Crippen molar-refractivity contribution in [3.05, 3.63) is 30.1 Å². The summed E-state index contributed by atoms with van der Waals surface area (Å²) in [4.78, 5) is 11.5. The highest BCUT2D eigenvalue weighted by Crippen LogP contribution is 2.14. The molecule has 2 atom stereocenters. The average molecular weight is 380 g/mol. The van der Waals surface area contributed by atoms with Gasteiger partial charge in [-0.25, -0.2) is 12.8 Å². The Bertz CT molecular complexity index is 651. The minimum Gasteiger partial charge on any atom is -0.355 e. The molecule has 2 rings (SSSR count). The van der Waals surface area contributed by atoms with Gasteiger partial charge in [-0.1, -0.05) is 12.1 Å². The monoisotopic (exact) mass is 379 g/mol. The van der Waals surface area contributed by atoms with E-state index in [0.717, 1.165) is 38.1 Å². The third-order valence-corrected chi connectivity index (χ3v) is 5.44. The molecule has 1 fully saturated rings. The molecule has 1 aromatic rings. The van der Waals surface area contributed by atoms with Crippen LogP contribution >= 0.6 is 12.4 Å². The number of carbonyl (C=O) groups is 1. The van der Waals surface area contributed by atoms with Crippen molar-refractivity contribution in [2.75, 3.05) is 19.6 Å². The molecule has 1 aliphatic heterocycles. The number of halogens is 2. The first kappa shape index (κ1) is 20.8. The van der Waals surface area contributed by atoms with Gasteiger partial charge in [0.15, 0.2) is 0 Å². The fraction of sp³-hybridized carbons (Fsp3) is 0.533. The van der Waals surface area contributed by atoms with Crippen molar-refractivity contribution >= 4 is 28.3 Å². The first-order valence-electron chi connectivity index (χ1n) is 7.65. The molecule has 1 saturated heterocycles. The standard InChI is InChI=1S/C15H22FN3O3S.ClH/c1-11(15(20)18-9-7-12-6-8-17-10-12)19-23(21,22)14-5-3-2-4-13(14)16;/h2-5,11-12,17,19H,6-10H2,1H3,(H,18,20);1H. The van der Waals surface area contributed by atoms with E-state index in [4.69, 9.17) is 0 Å². The number of sulfonamides is 1. The van der Waals surface area contributed by atoms with Crippen molar-refractivity contribution in [3.8, 4) is 0 Å². The van der Waals surface area contributed by atoms with E-state index >= 15 is 0 Å². The maximum atomic E-state index is 13.6. The third-order valence-electron chi connectivity index (χ3n) is 3.87. The van der Waals surface area contributed by atoms with Gasteiger partial charge in [0, 0.05) is 6.54 Å². The molecule has 1 aliphatic rings. The Hall–Kier alpha value is -1.22. The second-order valence-electron chi connectivity index (χ2n) is 5.71. The molecule has 0 aliphatic carbocycles. The van der Waals surface area contributed by atoms with Gasteiger partial charge in [-0.15, -0.1) is 12.4 Å². The normalized spacial score (nSPS) is 18.7. The summed E-state index contributed by atoms with van der Waals surface area (Å²) in [5.74, 6) is -0.724. The molecule has 0 saturated carbocycles. The Kier molecular flexibility index (Phi) is 8.08. The first-order chi connectivity index (χ1) is 10.9. The number of hydrogen-bond acceptors (Lipinski definition) is 4. The van der Waals surface area contributed by atoms with Gasteiger partial charge in [-0.2, -0.15) is 4.72 Å². The van der Waals surface area contributed by atoms with E-state index in [2.05, 4.69) is 15.4 Å². The molecule has 3 N–H and O–H groups in total. The van der Waals surface area contributed by atoms with Gasteiger partial charge in [0.2, 0.25) is 15.9 Å². The second-order valence-corrected chi connectivity index (χ2v) is 7.39. The van der Waals surface area contributed by atoms with Crippen LogP contribution in [0.2, 0.25) is 0 Å². The fourth-order valence-corrected chi connectivity index (χ4v) is 3.81. The summed E-state index contributed by atoms with van der Waals surface area (Å²) in [5, 5.41) is 5.96. The summed E-state index contributed by atoms with van der Waals surface area (Å²) in [6.07, 6.45) is 1.94. The van der Waals surface area contributed by atoms with Gasteiger partial charge in [0.05, 0.1) is 6.04 Å². The van der Waals surface area contributed by atoms with Gasteiger partial charge < -0.3 is 10.6 Å². The predicted molar refractivity (Wildman–Crippen MR) is 92.0 cm³/mol. The topological polar surface area (TPSA) is 87.3 Å². The average Bonchev–Trinajstić information content (AvgIpc) is 3.00. The van der Waals surface area contributed by atoms with Gasteiger partial charge in [-0.3, -0.25) is 4.79 Å².